The third-order valence-corrected chi connectivity index (χ3v) is 9.81. The number of amides is 1. The van der Waals surface area contributed by atoms with Crippen LogP contribution in [0.3, 0.4) is 0 Å². The Hall–Kier alpha value is -2.05. The second kappa shape index (κ2) is 29.2. The first-order chi connectivity index (χ1) is 26.6. The van der Waals surface area contributed by atoms with E-state index in [0.717, 1.165) is 57.8 Å². The van der Waals surface area contributed by atoms with E-state index < -0.39 is 86.8 Å². The number of hydrogen-bond acceptors (Lipinski definition) is 13. The lowest BCUT2D eigenvalue weighted by Gasteiger charge is -2.46. The lowest BCUT2D eigenvalue weighted by atomic mass is 9.97. The summed E-state index contributed by atoms with van der Waals surface area (Å²) in [6, 6.07) is -0.937. The fourth-order valence-corrected chi connectivity index (χ4v) is 6.38. The first-order valence-corrected chi connectivity index (χ1v) is 20.3. The maximum absolute atomic E-state index is 13.0. The van der Waals surface area contributed by atoms with E-state index in [1.54, 1.807) is 6.08 Å². The molecule has 2 aliphatic rings. The Bertz CT molecular complexity index is 1120. The van der Waals surface area contributed by atoms with Crippen LogP contribution in [0.15, 0.2) is 48.6 Å². The molecular formula is C41H71NO13. The van der Waals surface area contributed by atoms with Crippen molar-refractivity contribution < 1.29 is 64.6 Å². The molecule has 318 valence electrons. The molecule has 0 aliphatic carbocycles. The summed E-state index contributed by atoms with van der Waals surface area (Å²) >= 11 is 0. The number of carbonyl (C=O) groups excluding carboxylic acids is 1. The molecule has 0 aromatic carbocycles. The molecule has 9 N–H and O–H groups in total. The molecular weight excluding hydrogens is 714 g/mol. The van der Waals surface area contributed by atoms with E-state index in [0.29, 0.717) is 12.8 Å². The molecule has 0 aromatic heterocycles. The number of aliphatic hydroxyl groups is 8. The van der Waals surface area contributed by atoms with Crippen molar-refractivity contribution in [2.24, 2.45) is 0 Å². The first kappa shape index (κ1) is 49.1. The topological polar surface area (TPSA) is 228 Å². The number of carbonyl (C=O) groups is 1. The fourth-order valence-electron chi connectivity index (χ4n) is 6.38. The van der Waals surface area contributed by atoms with Crippen molar-refractivity contribution >= 4 is 5.91 Å². The summed E-state index contributed by atoms with van der Waals surface area (Å²) in [6.45, 7) is 2.43. The number of nitrogens with one attached hydrogen (secondary N) is 1. The van der Waals surface area contributed by atoms with Gasteiger partial charge in [0.25, 0.3) is 0 Å². The number of ether oxygens (including phenoxy) is 4. The van der Waals surface area contributed by atoms with Crippen molar-refractivity contribution in [3.8, 4) is 0 Å². The van der Waals surface area contributed by atoms with Gasteiger partial charge in [-0.2, -0.15) is 0 Å². The molecule has 2 saturated heterocycles. The molecule has 0 aromatic rings. The molecule has 0 spiro atoms. The second-order valence-electron chi connectivity index (χ2n) is 14.4. The predicted molar refractivity (Wildman–Crippen MR) is 207 cm³/mol. The Balaban J connectivity index is 1.96. The van der Waals surface area contributed by atoms with Crippen molar-refractivity contribution in [2.75, 3.05) is 19.8 Å². The van der Waals surface area contributed by atoms with E-state index >= 15 is 0 Å². The average molecular weight is 786 g/mol. The van der Waals surface area contributed by atoms with Gasteiger partial charge in [-0.3, -0.25) is 4.79 Å². The zero-order chi connectivity index (χ0) is 40.4. The van der Waals surface area contributed by atoms with Gasteiger partial charge in [0.15, 0.2) is 12.6 Å². The number of rotatable bonds is 28. The maximum atomic E-state index is 13.0. The number of allylic oxidation sites excluding steroid dienone is 7. The van der Waals surface area contributed by atoms with Gasteiger partial charge >= 0.3 is 0 Å². The first-order valence-electron chi connectivity index (χ1n) is 20.3. The molecule has 0 radical (unpaired) electrons. The molecule has 0 bridgehead atoms. The van der Waals surface area contributed by atoms with Gasteiger partial charge in [0, 0.05) is 6.42 Å². The summed E-state index contributed by atoms with van der Waals surface area (Å²) in [6.07, 6.45) is 13.5. The van der Waals surface area contributed by atoms with Gasteiger partial charge < -0.3 is 65.1 Å². The fraction of sp³-hybridized carbons (Fsp3) is 0.780. The second-order valence-corrected chi connectivity index (χ2v) is 14.4. The van der Waals surface area contributed by atoms with Crippen LogP contribution in [-0.4, -0.2) is 140 Å². The molecule has 2 rings (SSSR count). The van der Waals surface area contributed by atoms with Crippen molar-refractivity contribution in [3.63, 3.8) is 0 Å². The summed E-state index contributed by atoms with van der Waals surface area (Å²) in [5.41, 5.74) is 0. The molecule has 2 heterocycles. The minimum Gasteiger partial charge on any atom is -0.394 e. The van der Waals surface area contributed by atoms with Crippen LogP contribution in [0.5, 0.6) is 0 Å². The molecule has 55 heavy (non-hydrogen) atoms. The van der Waals surface area contributed by atoms with Gasteiger partial charge in [-0.05, 0) is 64.7 Å². The van der Waals surface area contributed by atoms with Crippen LogP contribution in [0.1, 0.15) is 110 Å². The standard InChI is InChI=1S/C41H71NO13/c1-3-5-7-9-11-13-14-15-17-19-21-23-25-33(46)42-29(30(45)24-22-20-18-16-12-10-8-6-4-2)28-52-40-38(51)36(49)39(32(27-44)54-40)55-41-37(50)35(48)34(47)31(26-43)53-41/h4,6,11-13,16,22,24,29-32,34-41,43-45,47-51H,3,5,7-10,14-15,17-21,23,25-28H2,1-2H3,(H,42,46)/b6-4+,13-11-,16-12+,24-22+. The molecule has 12 unspecified atom stereocenters. The van der Waals surface area contributed by atoms with Gasteiger partial charge in [-0.25, -0.2) is 0 Å². The van der Waals surface area contributed by atoms with Crippen molar-refractivity contribution in [1.82, 2.24) is 5.32 Å². The normalized spacial score (nSPS) is 30.2. The Morgan fingerprint density at radius 3 is 1.89 bits per heavy atom. The summed E-state index contributed by atoms with van der Waals surface area (Å²) < 4.78 is 22.5. The van der Waals surface area contributed by atoms with Crippen molar-refractivity contribution in [2.45, 2.75) is 184 Å². The summed E-state index contributed by atoms with van der Waals surface area (Å²) in [7, 11) is 0. The number of aliphatic hydroxyl groups excluding tert-OH is 8. The smallest absolute Gasteiger partial charge is 0.220 e. The van der Waals surface area contributed by atoms with Gasteiger partial charge in [0.2, 0.25) is 5.91 Å². The van der Waals surface area contributed by atoms with E-state index in [1.165, 1.54) is 19.3 Å². The van der Waals surface area contributed by atoms with Crippen molar-refractivity contribution in [1.29, 1.82) is 0 Å². The monoisotopic (exact) mass is 785 g/mol. The molecule has 2 fully saturated rings. The highest BCUT2D eigenvalue weighted by molar-refractivity contribution is 5.76. The zero-order valence-electron chi connectivity index (χ0n) is 32.9. The van der Waals surface area contributed by atoms with Crippen LogP contribution in [0, 0.1) is 0 Å². The largest absolute Gasteiger partial charge is 0.394 e. The highest BCUT2D eigenvalue weighted by Crippen LogP contribution is 2.29. The molecule has 0 saturated carbocycles. The highest BCUT2D eigenvalue weighted by atomic mass is 16.7. The van der Waals surface area contributed by atoms with Crippen LogP contribution in [0.2, 0.25) is 0 Å². The third-order valence-electron chi connectivity index (χ3n) is 9.81. The van der Waals surface area contributed by atoms with E-state index in [2.05, 4.69) is 42.6 Å². The van der Waals surface area contributed by atoms with Crippen LogP contribution in [0.4, 0.5) is 0 Å². The van der Waals surface area contributed by atoms with Crippen LogP contribution >= 0.6 is 0 Å². The Morgan fingerprint density at radius 1 is 0.673 bits per heavy atom. The Labute approximate surface area is 327 Å². The summed E-state index contributed by atoms with van der Waals surface area (Å²) in [4.78, 5) is 13.0. The van der Waals surface area contributed by atoms with Gasteiger partial charge in [-0.1, -0.05) is 87.6 Å². The van der Waals surface area contributed by atoms with Crippen LogP contribution < -0.4 is 5.32 Å². The number of unbranched alkanes of at least 4 members (excludes halogenated alkanes) is 10. The lowest BCUT2D eigenvalue weighted by Crippen LogP contribution is -2.65. The molecule has 12 atom stereocenters. The van der Waals surface area contributed by atoms with Crippen LogP contribution in [-0.2, 0) is 23.7 Å². The SMILES string of the molecule is C/C=C/CC/C=C/CC/C=C/C(O)C(COC1OC(CO)C(OC2OC(CO)C(O)C(O)C2O)C(O)C1O)NC(=O)CCCCCCC/C=C\CCCCC. The van der Waals surface area contributed by atoms with E-state index in [-0.39, 0.29) is 18.9 Å². The average Bonchev–Trinajstić information content (AvgIpc) is 3.18. The minimum atomic E-state index is -1.79. The molecule has 14 nitrogen and oxygen atoms in total. The van der Waals surface area contributed by atoms with Gasteiger partial charge in [-0.15, -0.1) is 0 Å². The highest BCUT2D eigenvalue weighted by Gasteiger charge is 2.50. The predicted octanol–water partition coefficient (Wildman–Crippen LogP) is 2.59. The van der Waals surface area contributed by atoms with Gasteiger partial charge in [0.05, 0.1) is 32.0 Å². The van der Waals surface area contributed by atoms with E-state index in [4.69, 9.17) is 18.9 Å². The van der Waals surface area contributed by atoms with Crippen molar-refractivity contribution in [3.05, 3.63) is 48.6 Å². The summed E-state index contributed by atoms with van der Waals surface area (Å²) in [5, 5.41) is 86.0. The molecule has 14 heteroatoms. The lowest BCUT2D eigenvalue weighted by molar-refractivity contribution is -0.359. The van der Waals surface area contributed by atoms with Gasteiger partial charge in [0.1, 0.15) is 48.8 Å². The Kier molecular flexibility index (Phi) is 26.1. The zero-order valence-corrected chi connectivity index (χ0v) is 32.9. The third kappa shape index (κ3) is 18.4. The van der Waals surface area contributed by atoms with E-state index in [9.17, 15) is 45.6 Å². The minimum absolute atomic E-state index is 0.257. The summed E-state index contributed by atoms with van der Waals surface area (Å²) in [5.74, 6) is -0.272. The maximum Gasteiger partial charge on any atom is 0.220 e. The quantitative estimate of drug-likeness (QED) is 0.0411. The Morgan fingerprint density at radius 2 is 1.24 bits per heavy atom. The van der Waals surface area contributed by atoms with E-state index in [1.807, 2.05) is 19.1 Å². The number of hydrogen-bond donors (Lipinski definition) is 9. The molecule has 2 aliphatic heterocycles. The molecule has 1 amide bonds. The van der Waals surface area contributed by atoms with Crippen LogP contribution in [0.25, 0.3) is 0 Å².